The molecule has 1 amide bonds. The van der Waals surface area contributed by atoms with E-state index in [1.807, 2.05) is 19.9 Å². The number of amides is 1. The Balaban J connectivity index is 1.82. The van der Waals surface area contributed by atoms with E-state index >= 15 is 0 Å². The van der Waals surface area contributed by atoms with Crippen molar-refractivity contribution in [2.45, 2.75) is 39.5 Å². The fourth-order valence-corrected chi connectivity index (χ4v) is 3.26. The van der Waals surface area contributed by atoms with Crippen LogP contribution in [0.25, 0.3) is 0 Å². The lowest BCUT2D eigenvalue weighted by Crippen LogP contribution is -2.27. The van der Waals surface area contributed by atoms with E-state index in [1.54, 1.807) is 18.2 Å². The fourth-order valence-electron chi connectivity index (χ4n) is 3.03. The molecular weight excluding hydrogens is 336 g/mol. The summed E-state index contributed by atoms with van der Waals surface area (Å²) in [5.74, 6) is 0.423. The van der Waals surface area contributed by atoms with Crippen molar-refractivity contribution in [2.24, 2.45) is 0 Å². The number of carbonyl (C=O) groups excluding carboxylic acids is 1. The Labute approximate surface area is 153 Å². The summed E-state index contributed by atoms with van der Waals surface area (Å²) >= 11 is 5.97. The highest BCUT2D eigenvalue weighted by atomic mass is 35.5. The van der Waals surface area contributed by atoms with E-state index in [-0.39, 0.29) is 5.91 Å². The number of hydrogen-bond acceptors (Lipinski definition) is 4. The Morgan fingerprint density at radius 2 is 1.80 bits per heavy atom. The highest BCUT2D eigenvalue weighted by molar-refractivity contribution is 6.30. The van der Waals surface area contributed by atoms with Crippen LogP contribution in [0.2, 0.25) is 5.02 Å². The van der Waals surface area contributed by atoms with Gasteiger partial charge in [-0.2, -0.15) is 0 Å². The van der Waals surface area contributed by atoms with Gasteiger partial charge in [0.2, 0.25) is 5.95 Å². The summed E-state index contributed by atoms with van der Waals surface area (Å²) in [5.41, 5.74) is 2.84. The van der Waals surface area contributed by atoms with E-state index in [2.05, 4.69) is 20.2 Å². The van der Waals surface area contributed by atoms with Gasteiger partial charge in [-0.05, 0) is 56.5 Å². The zero-order valence-corrected chi connectivity index (χ0v) is 15.4. The smallest absolute Gasteiger partial charge is 0.274 e. The van der Waals surface area contributed by atoms with Crippen molar-refractivity contribution < 1.29 is 4.79 Å². The Kier molecular flexibility index (Phi) is 5.53. The Hall–Kier alpha value is -2.14. The predicted molar refractivity (Wildman–Crippen MR) is 102 cm³/mol. The molecule has 0 aliphatic carbocycles. The van der Waals surface area contributed by atoms with Gasteiger partial charge < -0.3 is 10.2 Å². The molecule has 2 aromatic rings. The molecule has 1 aliphatic heterocycles. The molecule has 0 bridgehead atoms. The molecular formula is C19H23ClN4O. The standard InChI is InChI=1S/C19H23ClN4O/c1-13-11-15(20)7-8-16(13)22-18(25)17-12-14(2)21-19(23-17)24-9-5-3-4-6-10-24/h7-8,11-12H,3-6,9-10H2,1-2H3,(H,22,25). The van der Waals surface area contributed by atoms with Gasteiger partial charge in [-0.3, -0.25) is 4.79 Å². The van der Waals surface area contributed by atoms with Gasteiger partial charge in [0, 0.05) is 29.5 Å². The molecule has 1 N–H and O–H groups in total. The molecule has 25 heavy (non-hydrogen) atoms. The van der Waals surface area contributed by atoms with Crippen LogP contribution in [0.15, 0.2) is 24.3 Å². The Morgan fingerprint density at radius 1 is 1.08 bits per heavy atom. The van der Waals surface area contributed by atoms with Crippen LogP contribution in [0.3, 0.4) is 0 Å². The number of nitrogens with zero attached hydrogens (tertiary/aromatic N) is 3. The van der Waals surface area contributed by atoms with Crippen LogP contribution in [0.5, 0.6) is 0 Å². The molecule has 3 rings (SSSR count). The first-order valence-corrected chi connectivity index (χ1v) is 9.09. The lowest BCUT2D eigenvalue weighted by molar-refractivity contribution is 0.102. The molecule has 0 unspecified atom stereocenters. The first kappa shape index (κ1) is 17.7. The third-order valence-corrected chi connectivity index (χ3v) is 4.64. The van der Waals surface area contributed by atoms with Gasteiger partial charge in [-0.25, -0.2) is 9.97 Å². The molecule has 5 nitrogen and oxygen atoms in total. The van der Waals surface area contributed by atoms with Gasteiger partial charge in [0.25, 0.3) is 5.91 Å². The molecule has 132 valence electrons. The number of hydrogen-bond donors (Lipinski definition) is 1. The molecule has 1 saturated heterocycles. The highest BCUT2D eigenvalue weighted by Gasteiger charge is 2.17. The Morgan fingerprint density at radius 3 is 2.48 bits per heavy atom. The molecule has 0 spiro atoms. The van der Waals surface area contributed by atoms with Crippen molar-refractivity contribution in [3.63, 3.8) is 0 Å². The average Bonchev–Trinajstić information content (AvgIpc) is 2.86. The summed E-state index contributed by atoms with van der Waals surface area (Å²) < 4.78 is 0. The SMILES string of the molecule is Cc1cc(C(=O)Nc2ccc(Cl)cc2C)nc(N2CCCCCC2)n1. The van der Waals surface area contributed by atoms with E-state index in [9.17, 15) is 4.79 Å². The zero-order chi connectivity index (χ0) is 17.8. The van der Waals surface area contributed by atoms with E-state index in [0.29, 0.717) is 16.7 Å². The van der Waals surface area contributed by atoms with Crippen LogP contribution in [-0.4, -0.2) is 29.0 Å². The number of aryl methyl sites for hydroxylation is 2. The van der Waals surface area contributed by atoms with E-state index in [1.165, 1.54) is 12.8 Å². The first-order valence-electron chi connectivity index (χ1n) is 8.71. The van der Waals surface area contributed by atoms with Gasteiger partial charge in [0.15, 0.2) is 0 Å². The molecule has 0 atom stereocenters. The third-order valence-electron chi connectivity index (χ3n) is 4.40. The van der Waals surface area contributed by atoms with Crippen molar-refractivity contribution in [1.29, 1.82) is 0 Å². The van der Waals surface area contributed by atoms with Crippen molar-refractivity contribution in [3.05, 3.63) is 46.2 Å². The molecule has 6 heteroatoms. The maximum Gasteiger partial charge on any atom is 0.274 e. The first-order chi connectivity index (χ1) is 12.0. The molecule has 0 radical (unpaired) electrons. The van der Waals surface area contributed by atoms with Gasteiger partial charge in [-0.1, -0.05) is 24.4 Å². The topological polar surface area (TPSA) is 58.1 Å². The second-order valence-electron chi connectivity index (χ2n) is 6.51. The highest BCUT2D eigenvalue weighted by Crippen LogP contribution is 2.21. The van der Waals surface area contributed by atoms with Crippen LogP contribution in [0, 0.1) is 13.8 Å². The van der Waals surface area contributed by atoms with E-state index in [0.717, 1.165) is 42.9 Å². The van der Waals surface area contributed by atoms with Gasteiger partial charge in [0.1, 0.15) is 5.69 Å². The number of carbonyl (C=O) groups is 1. The minimum absolute atomic E-state index is 0.230. The number of benzene rings is 1. The summed E-state index contributed by atoms with van der Waals surface area (Å²) in [6, 6.07) is 7.12. The average molecular weight is 359 g/mol. The maximum absolute atomic E-state index is 12.7. The monoisotopic (exact) mass is 358 g/mol. The number of nitrogens with one attached hydrogen (secondary N) is 1. The minimum Gasteiger partial charge on any atom is -0.341 e. The van der Waals surface area contributed by atoms with Crippen molar-refractivity contribution in [2.75, 3.05) is 23.3 Å². The fraction of sp³-hybridized carbons (Fsp3) is 0.421. The van der Waals surface area contributed by atoms with Gasteiger partial charge in [0.05, 0.1) is 0 Å². The third kappa shape index (κ3) is 4.48. The largest absolute Gasteiger partial charge is 0.341 e. The van der Waals surface area contributed by atoms with Crippen molar-refractivity contribution in [3.8, 4) is 0 Å². The number of aromatic nitrogens is 2. The summed E-state index contributed by atoms with van der Waals surface area (Å²) in [6.45, 7) is 5.70. The molecule has 1 aliphatic rings. The molecule has 1 fully saturated rings. The van der Waals surface area contributed by atoms with Crippen LogP contribution < -0.4 is 10.2 Å². The van der Waals surface area contributed by atoms with Crippen LogP contribution in [0.4, 0.5) is 11.6 Å². The summed E-state index contributed by atoms with van der Waals surface area (Å²) in [7, 11) is 0. The van der Waals surface area contributed by atoms with Crippen molar-refractivity contribution in [1.82, 2.24) is 9.97 Å². The zero-order valence-electron chi connectivity index (χ0n) is 14.7. The summed E-state index contributed by atoms with van der Waals surface area (Å²) in [4.78, 5) is 23.9. The molecule has 0 saturated carbocycles. The normalized spacial score (nSPS) is 14.9. The molecule has 2 heterocycles. The quantitative estimate of drug-likeness (QED) is 0.884. The number of rotatable bonds is 3. The molecule has 1 aromatic carbocycles. The molecule has 1 aromatic heterocycles. The summed E-state index contributed by atoms with van der Waals surface area (Å²) in [6.07, 6.45) is 4.77. The van der Waals surface area contributed by atoms with Gasteiger partial charge >= 0.3 is 0 Å². The van der Waals surface area contributed by atoms with E-state index < -0.39 is 0 Å². The lowest BCUT2D eigenvalue weighted by atomic mass is 10.2. The Bertz CT molecular complexity index is 770. The van der Waals surface area contributed by atoms with Crippen molar-refractivity contribution >= 4 is 29.1 Å². The second kappa shape index (κ2) is 7.83. The second-order valence-corrected chi connectivity index (χ2v) is 6.95. The van der Waals surface area contributed by atoms with Crippen LogP contribution in [0.1, 0.15) is 47.4 Å². The van der Waals surface area contributed by atoms with Crippen LogP contribution >= 0.6 is 11.6 Å². The van der Waals surface area contributed by atoms with Gasteiger partial charge in [-0.15, -0.1) is 0 Å². The van der Waals surface area contributed by atoms with Crippen LogP contribution in [-0.2, 0) is 0 Å². The summed E-state index contributed by atoms with van der Waals surface area (Å²) in [5, 5.41) is 3.57. The number of halogens is 1. The maximum atomic E-state index is 12.7. The lowest BCUT2D eigenvalue weighted by Gasteiger charge is -2.21. The minimum atomic E-state index is -0.230. The number of anilines is 2. The van der Waals surface area contributed by atoms with E-state index in [4.69, 9.17) is 11.6 Å². The predicted octanol–water partition coefficient (Wildman–Crippen LogP) is 4.38.